The number of nitrogens with one attached hydrogen (secondary N) is 1. The van der Waals surface area contributed by atoms with Crippen LogP contribution in [0.1, 0.15) is 25.7 Å². The zero-order valence-corrected chi connectivity index (χ0v) is 14.5. The van der Waals surface area contributed by atoms with Crippen LogP contribution in [-0.4, -0.2) is 27.5 Å². The SMILES string of the molecule is O=C(NS(=O)(=O)c1cc2c(cc1Cl)OCCO2)[C@@H]1C[C@H]1C1CCC1. The van der Waals surface area contributed by atoms with Crippen LogP contribution in [0, 0.1) is 17.8 Å². The molecular formula is C16H18ClNO5S. The third kappa shape index (κ3) is 2.84. The molecule has 4 rings (SSSR count). The zero-order valence-electron chi connectivity index (χ0n) is 13.0. The number of carbonyl (C=O) groups is 1. The van der Waals surface area contributed by atoms with Gasteiger partial charge in [0.15, 0.2) is 11.5 Å². The molecule has 0 unspecified atom stereocenters. The molecule has 24 heavy (non-hydrogen) atoms. The van der Waals surface area contributed by atoms with Gasteiger partial charge in [0.1, 0.15) is 18.1 Å². The second-order valence-corrected chi connectivity index (χ2v) is 8.65. The fraction of sp³-hybridized carbons (Fsp3) is 0.562. The Labute approximate surface area is 145 Å². The normalized spacial score (nSPS) is 25.7. The Hall–Kier alpha value is -1.47. The van der Waals surface area contributed by atoms with Crippen molar-refractivity contribution in [2.24, 2.45) is 17.8 Å². The van der Waals surface area contributed by atoms with Crippen molar-refractivity contribution >= 4 is 27.5 Å². The Morgan fingerprint density at radius 2 is 1.83 bits per heavy atom. The molecule has 2 saturated carbocycles. The topological polar surface area (TPSA) is 81.7 Å². The summed E-state index contributed by atoms with van der Waals surface area (Å²) < 4.78 is 38.0. The van der Waals surface area contributed by atoms with E-state index in [0.29, 0.717) is 36.5 Å². The smallest absolute Gasteiger partial charge is 0.265 e. The highest BCUT2D eigenvalue weighted by molar-refractivity contribution is 7.90. The number of halogens is 1. The zero-order chi connectivity index (χ0) is 16.9. The fourth-order valence-corrected chi connectivity index (χ4v) is 4.98. The number of hydrogen-bond donors (Lipinski definition) is 1. The second-order valence-electron chi connectivity index (χ2n) is 6.59. The molecule has 1 aliphatic heterocycles. The lowest BCUT2D eigenvalue weighted by atomic mass is 9.81. The number of sulfonamides is 1. The van der Waals surface area contributed by atoms with Crippen LogP contribution in [-0.2, 0) is 14.8 Å². The molecule has 1 amide bonds. The van der Waals surface area contributed by atoms with Crippen LogP contribution in [0.2, 0.25) is 5.02 Å². The molecule has 130 valence electrons. The number of carbonyl (C=O) groups excluding carboxylic acids is 1. The number of ether oxygens (including phenoxy) is 2. The van der Waals surface area contributed by atoms with E-state index in [2.05, 4.69) is 4.72 Å². The van der Waals surface area contributed by atoms with E-state index in [1.54, 1.807) is 0 Å². The van der Waals surface area contributed by atoms with Gasteiger partial charge in [0.2, 0.25) is 5.91 Å². The molecule has 0 spiro atoms. The van der Waals surface area contributed by atoms with Gasteiger partial charge in [-0.1, -0.05) is 30.9 Å². The maximum absolute atomic E-state index is 12.5. The first kappa shape index (κ1) is 16.0. The molecule has 1 heterocycles. The van der Waals surface area contributed by atoms with E-state index in [9.17, 15) is 13.2 Å². The van der Waals surface area contributed by atoms with E-state index in [0.717, 1.165) is 19.3 Å². The maximum atomic E-state index is 12.5. The summed E-state index contributed by atoms with van der Waals surface area (Å²) in [5.41, 5.74) is 0. The molecule has 3 aliphatic rings. The van der Waals surface area contributed by atoms with E-state index in [1.165, 1.54) is 18.6 Å². The molecule has 0 saturated heterocycles. The van der Waals surface area contributed by atoms with Crippen molar-refractivity contribution in [3.63, 3.8) is 0 Å². The fourth-order valence-electron chi connectivity index (χ4n) is 3.42. The monoisotopic (exact) mass is 371 g/mol. The van der Waals surface area contributed by atoms with E-state index < -0.39 is 15.9 Å². The molecule has 1 aromatic rings. The van der Waals surface area contributed by atoms with Crippen LogP contribution in [0.3, 0.4) is 0 Å². The molecule has 2 atom stereocenters. The van der Waals surface area contributed by atoms with Crippen LogP contribution in [0.25, 0.3) is 0 Å². The minimum absolute atomic E-state index is 0.00545. The van der Waals surface area contributed by atoms with Crippen LogP contribution in [0.15, 0.2) is 17.0 Å². The van der Waals surface area contributed by atoms with Gasteiger partial charge in [-0.15, -0.1) is 0 Å². The van der Waals surface area contributed by atoms with Crippen LogP contribution >= 0.6 is 11.6 Å². The van der Waals surface area contributed by atoms with Crippen molar-refractivity contribution in [2.45, 2.75) is 30.6 Å². The highest BCUT2D eigenvalue weighted by atomic mass is 35.5. The Morgan fingerprint density at radius 1 is 1.17 bits per heavy atom. The summed E-state index contributed by atoms with van der Waals surface area (Å²) in [5.74, 6) is 1.02. The predicted octanol–water partition coefficient (Wildman–Crippen LogP) is 2.35. The minimum atomic E-state index is -4.03. The molecule has 6 nitrogen and oxygen atoms in total. The van der Waals surface area contributed by atoms with Gasteiger partial charge in [-0.25, -0.2) is 13.1 Å². The summed E-state index contributed by atoms with van der Waals surface area (Å²) >= 11 is 6.07. The largest absolute Gasteiger partial charge is 0.486 e. The van der Waals surface area contributed by atoms with E-state index in [-0.39, 0.29) is 15.8 Å². The van der Waals surface area contributed by atoms with Crippen molar-refractivity contribution in [3.8, 4) is 11.5 Å². The van der Waals surface area contributed by atoms with Gasteiger partial charge in [-0.05, 0) is 18.3 Å². The second kappa shape index (κ2) is 5.81. The first-order valence-electron chi connectivity index (χ1n) is 8.11. The van der Waals surface area contributed by atoms with Crippen molar-refractivity contribution in [1.82, 2.24) is 4.72 Å². The molecule has 1 aromatic carbocycles. The summed E-state index contributed by atoms with van der Waals surface area (Å²) in [6, 6.07) is 2.71. The first-order valence-corrected chi connectivity index (χ1v) is 9.97. The lowest BCUT2D eigenvalue weighted by molar-refractivity contribution is -0.121. The maximum Gasteiger partial charge on any atom is 0.265 e. The van der Waals surface area contributed by atoms with Crippen LogP contribution < -0.4 is 14.2 Å². The highest BCUT2D eigenvalue weighted by Gasteiger charge is 2.49. The van der Waals surface area contributed by atoms with Gasteiger partial charge in [0, 0.05) is 18.1 Å². The summed E-state index contributed by atoms with van der Waals surface area (Å²) in [6.07, 6.45) is 4.28. The lowest BCUT2D eigenvalue weighted by Crippen LogP contribution is -2.33. The van der Waals surface area contributed by atoms with Crippen molar-refractivity contribution in [1.29, 1.82) is 0 Å². The molecule has 1 N–H and O–H groups in total. The summed E-state index contributed by atoms with van der Waals surface area (Å²) in [7, 11) is -4.03. The minimum Gasteiger partial charge on any atom is -0.486 e. The molecule has 2 aliphatic carbocycles. The molecule has 0 bridgehead atoms. The summed E-state index contributed by atoms with van der Waals surface area (Å²) in [6.45, 7) is 0.724. The summed E-state index contributed by atoms with van der Waals surface area (Å²) in [4.78, 5) is 12.1. The average Bonchev–Trinajstić information content (AvgIpc) is 3.24. The number of benzene rings is 1. The van der Waals surface area contributed by atoms with E-state index in [4.69, 9.17) is 21.1 Å². The molecule has 0 aromatic heterocycles. The van der Waals surface area contributed by atoms with Gasteiger partial charge >= 0.3 is 0 Å². The number of fused-ring (bicyclic) bond motifs is 1. The molecular weight excluding hydrogens is 354 g/mol. The van der Waals surface area contributed by atoms with E-state index >= 15 is 0 Å². The summed E-state index contributed by atoms with van der Waals surface area (Å²) in [5, 5.41) is 0.00545. The Bertz CT molecular complexity index is 790. The predicted molar refractivity (Wildman–Crippen MR) is 86.7 cm³/mol. The standard InChI is InChI=1S/C16H18ClNO5S/c17-12-7-13-14(23-5-4-22-13)8-15(12)24(20,21)18-16(19)11-6-10(11)9-2-1-3-9/h7-11H,1-6H2,(H,18,19)/t10-,11+/m0/s1. The first-order chi connectivity index (χ1) is 11.5. The lowest BCUT2D eigenvalue weighted by Gasteiger charge is -2.25. The molecule has 8 heteroatoms. The van der Waals surface area contributed by atoms with Gasteiger partial charge < -0.3 is 9.47 Å². The quantitative estimate of drug-likeness (QED) is 0.878. The third-order valence-corrected chi connectivity index (χ3v) is 6.86. The van der Waals surface area contributed by atoms with Crippen molar-refractivity contribution < 1.29 is 22.7 Å². The Kier molecular flexibility index (Phi) is 3.88. The van der Waals surface area contributed by atoms with Gasteiger partial charge in [-0.3, -0.25) is 4.79 Å². The third-order valence-electron chi connectivity index (χ3n) is 5.05. The average molecular weight is 372 g/mol. The van der Waals surface area contributed by atoms with Crippen LogP contribution in [0.4, 0.5) is 0 Å². The van der Waals surface area contributed by atoms with Crippen molar-refractivity contribution in [3.05, 3.63) is 17.2 Å². The van der Waals surface area contributed by atoms with Gasteiger partial charge in [-0.2, -0.15) is 0 Å². The van der Waals surface area contributed by atoms with Gasteiger partial charge in [0.05, 0.1) is 5.02 Å². The van der Waals surface area contributed by atoms with Crippen molar-refractivity contribution in [2.75, 3.05) is 13.2 Å². The van der Waals surface area contributed by atoms with E-state index in [1.807, 2.05) is 0 Å². The molecule has 2 fully saturated rings. The van der Waals surface area contributed by atoms with Gasteiger partial charge in [0.25, 0.3) is 10.0 Å². The molecule has 0 radical (unpaired) electrons. The number of hydrogen-bond acceptors (Lipinski definition) is 5. The Morgan fingerprint density at radius 3 is 2.46 bits per heavy atom. The highest BCUT2D eigenvalue weighted by Crippen LogP contribution is 2.51. The van der Waals surface area contributed by atoms with Crippen LogP contribution in [0.5, 0.6) is 11.5 Å². The number of rotatable bonds is 4. The Balaban J connectivity index is 1.51. The number of amides is 1.